The van der Waals surface area contributed by atoms with Crippen LogP contribution in [0, 0.1) is 6.92 Å². The van der Waals surface area contributed by atoms with Crippen molar-refractivity contribution in [3.8, 4) is 0 Å². The Morgan fingerprint density at radius 2 is 2.16 bits per heavy atom. The molecule has 2 aromatic rings. The molecule has 0 aliphatic carbocycles. The molecule has 0 saturated carbocycles. The quantitative estimate of drug-likeness (QED) is 0.878. The van der Waals surface area contributed by atoms with Crippen molar-refractivity contribution in [2.75, 3.05) is 14.1 Å². The van der Waals surface area contributed by atoms with E-state index in [1.165, 1.54) is 11.1 Å². The van der Waals surface area contributed by atoms with E-state index in [0.29, 0.717) is 0 Å². The molecule has 2 rings (SSSR count). The molecule has 1 N–H and O–H groups in total. The van der Waals surface area contributed by atoms with Crippen molar-refractivity contribution >= 4 is 11.3 Å². The zero-order chi connectivity index (χ0) is 13.7. The van der Waals surface area contributed by atoms with Gasteiger partial charge in [0.05, 0.1) is 5.69 Å². The van der Waals surface area contributed by atoms with Gasteiger partial charge in [0.25, 0.3) is 0 Å². The van der Waals surface area contributed by atoms with Gasteiger partial charge in [-0.05, 0) is 26.6 Å². The van der Waals surface area contributed by atoms with Gasteiger partial charge < -0.3 is 5.32 Å². The van der Waals surface area contributed by atoms with Crippen LogP contribution in [0.15, 0.2) is 29.6 Å². The molecule has 1 aromatic heterocycles. The van der Waals surface area contributed by atoms with Crippen LogP contribution in [0.4, 0.5) is 0 Å². The fraction of sp³-hybridized carbons (Fsp3) is 0.400. The van der Waals surface area contributed by atoms with Crippen molar-refractivity contribution < 1.29 is 0 Å². The van der Waals surface area contributed by atoms with Crippen molar-refractivity contribution in [1.29, 1.82) is 0 Å². The van der Waals surface area contributed by atoms with E-state index in [9.17, 15) is 0 Å². The summed E-state index contributed by atoms with van der Waals surface area (Å²) < 4.78 is 0. The lowest BCUT2D eigenvalue weighted by Gasteiger charge is -2.15. The average Bonchev–Trinajstić information content (AvgIpc) is 2.77. The Morgan fingerprint density at radius 1 is 1.32 bits per heavy atom. The van der Waals surface area contributed by atoms with Gasteiger partial charge in [0.2, 0.25) is 0 Å². The third kappa shape index (κ3) is 4.42. The molecule has 0 aliphatic heterocycles. The molecule has 4 heteroatoms. The monoisotopic (exact) mass is 275 g/mol. The number of aromatic nitrogens is 1. The van der Waals surface area contributed by atoms with E-state index in [0.717, 1.165) is 30.3 Å². The third-order valence-electron chi connectivity index (χ3n) is 2.89. The first kappa shape index (κ1) is 14.2. The van der Waals surface area contributed by atoms with Crippen LogP contribution in [-0.2, 0) is 19.6 Å². The van der Waals surface area contributed by atoms with E-state index in [1.807, 2.05) is 7.05 Å². The summed E-state index contributed by atoms with van der Waals surface area (Å²) in [4.78, 5) is 6.91. The van der Waals surface area contributed by atoms with E-state index in [4.69, 9.17) is 0 Å². The largest absolute Gasteiger partial charge is 0.314 e. The Labute approximate surface area is 119 Å². The van der Waals surface area contributed by atoms with Crippen LogP contribution in [0.1, 0.15) is 21.8 Å². The van der Waals surface area contributed by atoms with Crippen molar-refractivity contribution in [3.63, 3.8) is 0 Å². The Balaban J connectivity index is 1.91. The molecule has 1 aromatic carbocycles. The summed E-state index contributed by atoms with van der Waals surface area (Å²) in [5, 5.41) is 6.44. The highest BCUT2D eigenvalue weighted by Gasteiger charge is 2.06. The predicted octanol–water partition coefficient (Wildman–Crippen LogP) is 2.80. The second-order valence-corrected chi connectivity index (χ2v) is 5.87. The van der Waals surface area contributed by atoms with Gasteiger partial charge in [-0.15, -0.1) is 11.3 Å². The molecule has 0 saturated heterocycles. The minimum atomic E-state index is 0.853. The molecule has 0 bridgehead atoms. The zero-order valence-electron chi connectivity index (χ0n) is 11.8. The van der Waals surface area contributed by atoms with Gasteiger partial charge in [-0.2, -0.15) is 0 Å². The van der Waals surface area contributed by atoms with Gasteiger partial charge in [0.1, 0.15) is 5.01 Å². The topological polar surface area (TPSA) is 28.2 Å². The van der Waals surface area contributed by atoms with E-state index in [1.54, 1.807) is 11.3 Å². The van der Waals surface area contributed by atoms with Crippen molar-refractivity contribution in [2.45, 2.75) is 26.6 Å². The summed E-state index contributed by atoms with van der Waals surface area (Å²) in [5.41, 5.74) is 3.83. The van der Waals surface area contributed by atoms with Gasteiger partial charge in [-0.3, -0.25) is 4.90 Å². The van der Waals surface area contributed by atoms with E-state index >= 15 is 0 Å². The Hall–Kier alpha value is -1.23. The number of thiazole rings is 1. The molecule has 0 radical (unpaired) electrons. The number of benzene rings is 1. The van der Waals surface area contributed by atoms with Crippen molar-refractivity contribution in [3.05, 3.63) is 51.5 Å². The lowest BCUT2D eigenvalue weighted by Crippen LogP contribution is -2.17. The molecule has 1 heterocycles. The van der Waals surface area contributed by atoms with Crippen LogP contribution in [-0.4, -0.2) is 24.0 Å². The highest BCUT2D eigenvalue weighted by molar-refractivity contribution is 7.09. The van der Waals surface area contributed by atoms with Crippen molar-refractivity contribution in [1.82, 2.24) is 15.2 Å². The number of aryl methyl sites for hydroxylation is 1. The fourth-order valence-corrected chi connectivity index (χ4v) is 2.91. The first-order valence-corrected chi connectivity index (χ1v) is 7.37. The number of rotatable bonds is 6. The SMILES string of the molecule is CNCc1nc(CN(C)Cc2cccc(C)c2)cs1. The molecule has 3 nitrogen and oxygen atoms in total. The smallest absolute Gasteiger partial charge is 0.107 e. The van der Waals surface area contributed by atoms with Crippen LogP contribution in [0.25, 0.3) is 0 Å². The first-order valence-electron chi connectivity index (χ1n) is 6.49. The van der Waals surface area contributed by atoms with Crippen LogP contribution in [0.3, 0.4) is 0 Å². The molecular weight excluding hydrogens is 254 g/mol. The summed E-state index contributed by atoms with van der Waals surface area (Å²) in [6.07, 6.45) is 0. The molecule has 19 heavy (non-hydrogen) atoms. The molecular formula is C15H21N3S. The fourth-order valence-electron chi connectivity index (χ4n) is 2.11. The van der Waals surface area contributed by atoms with E-state index in [-0.39, 0.29) is 0 Å². The van der Waals surface area contributed by atoms with E-state index in [2.05, 4.69) is 58.8 Å². The average molecular weight is 275 g/mol. The van der Waals surface area contributed by atoms with Gasteiger partial charge in [-0.1, -0.05) is 29.8 Å². The Morgan fingerprint density at radius 3 is 2.89 bits per heavy atom. The summed E-state index contributed by atoms with van der Waals surface area (Å²) in [6, 6.07) is 8.67. The molecule has 102 valence electrons. The van der Waals surface area contributed by atoms with Gasteiger partial charge in [0.15, 0.2) is 0 Å². The molecule has 0 unspecified atom stereocenters. The second kappa shape index (κ2) is 6.80. The van der Waals surface area contributed by atoms with Crippen LogP contribution in [0.2, 0.25) is 0 Å². The van der Waals surface area contributed by atoms with Gasteiger partial charge in [0, 0.05) is 25.0 Å². The molecule has 0 fully saturated rings. The van der Waals surface area contributed by atoms with Crippen LogP contribution in [0.5, 0.6) is 0 Å². The summed E-state index contributed by atoms with van der Waals surface area (Å²) in [7, 11) is 4.09. The van der Waals surface area contributed by atoms with E-state index < -0.39 is 0 Å². The number of hydrogen-bond acceptors (Lipinski definition) is 4. The predicted molar refractivity (Wildman–Crippen MR) is 81.2 cm³/mol. The normalized spacial score (nSPS) is 11.2. The highest BCUT2D eigenvalue weighted by atomic mass is 32.1. The standard InChI is InChI=1S/C15H21N3S/c1-12-5-4-6-13(7-12)9-18(3)10-14-11-19-15(17-14)8-16-2/h4-7,11,16H,8-10H2,1-3H3. The van der Waals surface area contributed by atoms with Crippen LogP contribution < -0.4 is 5.32 Å². The summed E-state index contributed by atoms with van der Waals surface area (Å²) >= 11 is 1.72. The number of hydrogen-bond donors (Lipinski definition) is 1. The summed E-state index contributed by atoms with van der Waals surface area (Å²) in [5.74, 6) is 0. The van der Waals surface area contributed by atoms with Crippen LogP contribution >= 0.6 is 11.3 Å². The Kier molecular flexibility index (Phi) is 5.07. The summed E-state index contributed by atoms with van der Waals surface area (Å²) in [6.45, 7) is 4.84. The molecule has 0 atom stereocenters. The van der Waals surface area contributed by atoms with Gasteiger partial charge in [-0.25, -0.2) is 4.98 Å². The minimum absolute atomic E-state index is 0.853. The Bertz CT molecular complexity index is 522. The van der Waals surface area contributed by atoms with Gasteiger partial charge >= 0.3 is 0 Å². The minimum Gasteiger partial charge on any atom is -0.314 e. The number of nitrogens with zero attached hydrogens (tertiary/aromatic N) is 2. The maximum atomic E-state index is 4.61. The lowest BCUT2D eigenvalue weighted by atomic mass is 10.1. The first-order chi connectivity index (χ1) is 9.17. The van der Waals surface area contributed by atoms with Crippen molar-refractivity contribution in [2.24, 2.45) is 0 Å². The maximum absolute atomic E-state index is 4.61. The third-order valence-corrected chi connectivity index (χ3v) is 3.79. The molecule has 0 spiro atoms. The maximum Gasteiger partial charge on any atom is 0.107 e. The zero-order valence-corrected chi connectivity index (χ0v) is 12.6. The highest BCUT2D eigenvalue weighted by Crippen LogP contribution is 2.13. The second-order valence-electron chi connectivity index (χ2n) is 4.92. The molecule has 0 amide bonds. The molecule has 0 aliphatic rings. The lowest BCUT2D eigenvalue weighted by molar-refractivity contribution is 0.315. The number of nitrogens with one attached hydrogen (secondary N) is 1.